The second-order valence-electron chi connectivity index (χ2n) is 5.26. The summed E-state index contributed by atoms with van der Waals surface area (Å²) in [6.45, 7) is 3.71. The fraction of sp³-hybridized carbons (Fsp3) is 0.400. The Balaban J connectivity index is 1.49. The van der Waals surface area contributed by atoms with Crippen LogP contribution >= 0.6 is 11.6 Å². The number of aromatic nitrogens is 3. The van der Waals surface area contributed by atoms with Crippen molar-refractivity contribution in [2.75, 3.05) is 31.1 Å². The number of anilines is 1. The SMILES string of the molecule is O=C(CCn1cncn1)N1CCN(c2cccc(Cl)c2)CC1. The van der Waals surface area contributed by atoms with E-state index in [1.54, 1.807) is 11.0 Å². The molecule has 2 heterocycles. The zero-order chi connectivity index (χ0) is 15.4. The van der Waals surface area contributed by atoms with Crippen LogP contribution in [0.1, 0.15) is 6.42 Å². The van der Waals surface area contributed by atoms with Gasteiger partial charge in [-0.2, -0.15) is 5.10 Å². The molecule has 2 aromatic rings. The summed E-state index contributed by atoms with van der Waals surface area (Å²) in [5.74, 6) is 0.168. The molecule has 0 N–H and O–H groups in total. The van der Waals surface area contributed by atoms with Gasteiger partial charge in [-0.25, -0.2) is 4.98 Å². The molecule has 1 saturated heterocycles. The molecule has 1 aromatic carbocycles. The van der Waals surface area contributed by atoms with Crippen molar-refractivity contribution in [3.05, 3.63) is 41.9 Å². The third-order valence-electron chi connectivity index (χ3n) is 3.83. The average Bonchev–Trinajstić information content (AvgIpc) is 3.06. The third-order valence-corrected chi connectivity index (χ3v) is 4.06. The van der Waals surface area contributed by atoms with Gasteiger partial charge < -0.3 is 9.80 Å². The van der Waals surface area contributed by atoms with Gasteiger partial charge >= 0.3 is 0 Å². The molecular formula is C15H18ClN5O. The maximum absolute atomic E-state index is 12.2. The van der Waals surface area contributed by atoms with E-state index in [0.717, 1.165) is 36.9 Å². The Morgan fingerprint density at radius 3 is 2.73 bits per heavy atom. The van der Waals surface area contributed by atoms with Crippen LogP contribution in [0.3, 0.4) is 0 Å². The number of carbonyl (C=O) groups is 1. The lowest BCUT2D eigenvalue weighted by Gasteiger charge is -2.36. The minimum atomic E-state index is 0.168. The number of aryl methyl sites for hydroxylation is 1. The molecule has 1 amide bonds. The first-order valence-electron chi connectivity index (χ1n) is 7.33. The molecule has 0 bridgehead atoms. The quantitative estimate of drug-likeness (QED) is 0.860. The highest BCUT2D eigenvalue weighted by Gasteiger charge is 2.21. The number of carbonyl (C=O) groups excluding carboxylic acids is 1. The summed E-state index contributed by atoms with van der Waals surface area (Å²) in [6.07, 6.45) is 3.57. The zero-order valence-corrected chi connectivity index (χ0v) is 13.0. The summed E-state index contributed by atoms with van der Waals surface area (Å²) in [7, 11) is 0. The number of hydrogen-bond acceptors (Lipinski definition) is 4. The Kier molecular flexibility index (Phi) is 4.58. The van der Waals surface area contributed by atoms with Gasteiger partial charge in [0.15, 0.2) is 0 Å². The molecule has 0 atom stereocenters. The van der Waals surface area contributed by atoms with Gasteiger partial charge in [-0.1, -0.05) is 17.7 Å². The molecule has 3 rings (SSSR count). The van der Waals surface area contributed by atoms with E-state index in [-0.39, 0.29) is 5.91 Å². The Bertz CT molecular complexity index is 623. The first-order valence-corrected chi connectivity index (χ1v) is 7.71. The van der Waals surface area contributed by atoms with Crippen LogP contribution in [0, 0.1) is 0 Å². The van der Waals surface area contributed by atoms with E-state index in [1.165, 1.54) is 6.33 Å². The van der Waals surface area contributed by atoms with Gasteiger partial charge in [0.05, 0.1) is 6.54 Å². The third kappa shape index (κ3) is 3.57. The monoisotopic (exact) mass is 319 g/mol. The second kappa shape index (κ2) is 6.79. The van der Waals surface area contributed by atoms with Gasteiger partial charge in [0.1, 0.15) is 12.7 Å². The maximum Gasteiger partial charge on any atom is 0.224 e. The lowest BCUT2D eigenvalue weighted by molar-refractivity contribution is -0.131. The predicted octanol–water partition coefficient (Wildman–Crippen LogP) is 1.67. The first kappa shape index (κ1) is 14.8. The fourth-order valence-corrected chi connectivity index (χ4v) is 2.79. The normalized spacial score (nSPS) is 15.1. The molecular weight excluding hydrogens is 302 g/mol. The van der Waals surface area contributed by atoms with Crippen molar-refractivity contribution >= 4 is 23.2 Å². The van der Waals surface area contributed by atoms with Crippen LogP contribution in [0.4, 0.5) is 5.69 Å². The summed E-state index contributed by atoms with van der Waals surface area (Å²) in [6, 6.07) is 7.83. The minimum Gasteiger partial charge on any atom is -0.368 e. The molecule has 0 aliphatic carbocycles. The minimum absolute atomic E-state index is 0.168. The average molecular weight is 320 g/mol. The van der Waals surface area contributed by atoms with Gasteiger partial charge in [0.2, 0.25) is 5.91 Å². The van der Waals surface area contributed by atoms with Gasteiger partial charge in [-0.3, -0.25) is 9.48 Å². The van der Waals surface area contributed by atoms with Crippen LogP contribution < -0.4 is 4.90 Å². The Labute approximate surface area is 134 Å². The van der Waals surface area contributed by atoms with Crippen LogP contribution in [0.5, 0.6) is 0 Å². The zero-order valence-electron chi connectivity index (χ0n) is 12.2. The van der Waals surface area contributed by atoms with E-state index >= 15 is 0 Å². The number of halogens is 1. The highest BCUT2D eigenvalue weighted by molar-refractivity contribution is 6.30. The molecule has 1 aliphatic rings. The topological polar surface area (TPSA) is 54.3 Å². The molecule has 0 radical (unpaired) electrons. The van der Waals surface area contributed by atoms with Crippen molar-refractivity contribution < 1.29 is 4.79 Å². The standard InChI is InChI=1S/C15H18ClN5O/c16-13-2-1-3-14(10-13)19-6-8-20(9-7-19)15(22)4-5-21-12-17-11-18-21/h1-3,10-12H,4-9H2. The van der Waals surface area contributed by atoms with Crippen molar-refractivity contribution in [2.24, 2.45) is 0 Å². The number of amides is 1. The first-order chi connectivity index (χ1) is 10.7. The van der Waals surface area contributed by atoms with E-state index < -0.39 is 0 Å². The summed E-state index contributed by atoms with van der Waals surface area (Å²) in [4.78, 5) is 20.3. The largest absolute Gasteiger partial charge is 0.368 e. The van der Waals surface area contributed by atoms with Crippen molar-refractivity contribution in [3.8, 4) is 0 Å². The number of nitrogens with zero attached hydrogens (tertiary/aromatic N) is 5. The molecule has 0 spiro atoms. The van der Waals surface area contributed by atoms with Gasteiger partial charge in [0, 0.05) is 43.3 Å². The van der Waals surface area contributed by atoms with Crippen LogP contribution in [0.15, 0.2) is 36.9 Å². The van der Waals surface area contributed by atoms with E-state index in [4.69, 9.17) is 11.6 Å². The second-order valence-corrected chi connectivity index (χ2v) is 5.69. The van der Waals surface area contributed by atoms with Crippen LogP contribution in [-0.4, -0.2) is 51.8 Å². The van der Waals surface area contributed by atoms with E-state index in [1.807, 2.05) is 29.2 Å². The predicted molar refractivity (Wildman–Crippen MR) is 84.9 cm³/mol. The van der Waals surface area contributed by atoms with Crippen LogP contribution in [0.25, 0.3) is 0 Å². The maximum atomic E-state index is 12.2. The number of hydrogen-bond donors (Lipinski definition) is 0. The Morgan fingerprint density at radius 1 is 1.23 bits per heavy atom. The van der Waals surface area contributed by atoms with E-state index in [9.17, 15) is 4.79 Å². The lowest BCUT2D eigenvalue weighted by atomic mass is 10.2. The van der Waals surface area contributed by atoms with E-state index in [2.05, 4.69) is 15.0 Å². The summed E-state index contributed by atoms with van der Waals surface area (Å²) in [5.41, 5.74) is 1.11. The van der Waals surface area contributed by atoms with Crippen LogP contribution in [-0.2, 0) is 11.3 Å². The molecule has 1 aliphatic heterocycles. The van der Waals surface area contributed by atoms with Gasteiger partial charge in [-0.05, 0) is 18.2 Å². The number of piperazine rings is 1. The van der Waals surface area contributed by atoms with E-state index in [0.29, 0.717) is 13.0 Å². The molecule has 22 heavy (non-hydrogen) atoms. The summed E-state index contributed by atoms with van der Waals surface area (Å²) < 4.78 is 1.68. The molecule has 7 heteroatoms. The van der Waals surface area contributed by atoms with Crippen molar-refractivity contribution in [3.63, 3.8) is 0 Å². The Hall–Kier alpha value is -2.08. The fourth-order valence-electron chi connectivity index (χ4n) is 2.60. The number of benzene rings is 1. The molecule has 116 valence electrons. The molecule has 1 fully saturated rings. The van der Waals surface area contributed by atoms with Crippen molar-refractivity contribution in [2.45, 2.75) is 13.0 Å². The summed E-state index contributed by atoms with van der Waals surface area (Å²) >= 11 is 6.03. The molecule has 1 aromatic heterocycles. The van der Waals surface area contributed by atoms with Crippen LogP contribution in [0.2, 0.25) is 5.02 Å². The smallest absolute Gasteiger partial charge is 0.224 e. The Morgan fingerprint density at radius 2 is 2.05 bits per heavy atom. The highest BCUT2D eigenvalue weighted by Crippen LogP contribution is 2.20. The summed E-state index contributed by atoms with van der Waals surface area (Å²) in [5, 5.41) is 4.75. The molecule has 0 saturated carbocycles. The molecule has 0 unspecified atom stereocenters. The number of rotatable bonds is 4. The van der Waals surface area contributed by atoms with Gasteiger partial charge in [0.25, 0.3) is 0 Å². The molecule has 6 nitrogen and oxygen atoms in total. The highest BCUT2D eigenvalue weighted by atomic mass is 35.5. The van der Waals surface area contributed by atoms with Gasteiger partial charge in [-0.15, -0.1) is 0 Å². The van der Waals surface area contributed by atoms with Crippen molar-refractivity contribution in [1.82, 2.24) is 19.7 Å². The van der Waals surface area contributed by atoms with Crippen molar-refractivity contribution in [1.29, 1.82) is 0 Å². The lowest BCUT2D eigenvalue weighted by Crippen LogP contribution is -2.49.